The van der Waals surface area contributed by atoms with Crippen molar-refractivity contribution in [3.05, 3.63) is 63.9 Å². The molecule has 0 spiro atoms. The number of anilines is 1. The number of aryl methyl sites for hydroxylation is 1. The predicted octanol–water partition coefficient (Wildman–Crippen LogP) is 2.86. The Labute approximate surface area is 145 Å². The van der Waals surface area contributed by atoms with Crippen LogP contribution in [0, 0.1) is 6.92 Å². The number of nitrogens with one attached hydrogen (secondary N) is 1. The maximum absolute atomic E-state index is 12.4. The Balaban J connectivity index is 1.79. The zero-order valence-corrected chi connectivity index (χ0v) is 14.5. The fourth-order valence-electron chi connectivity index (χ4n) is 2.64. The van der Waals surface area contributed by atoms with Gasteiger partial charge in [0.05, 0.1) is 5.39 Å². The molecule has 1 N–H and O–H groups in total. The largest absolute Gasteiger partial charge is 0.324 e. The van der Waals surface area contributed by atoms with E-state index in [9.17, 15) is 9.59 Å². The number of hydrogen-bond acceptors (Lipinski definition) is 4. The standard InChI is InChI=1S/C19H20N4O2/c1-12(2)14-8-9-16(13(3)10-14)20-18(24)11-23-19(25)15-6-4-5-7-17(15)21-22-23/h4-10,12H,11H2,1-3H3,(H,20,24). The second kappa shape index (κ2) is 6.84. The van der Waals surface area contributed by atoms with E-state index in [1.54, 1.807) is 24.3 Å². The van der Waals surface area contributed by atoms with Crippen molar-refractivity contribution < 1.29 is 4.79 Å². The lowest BCUT2D eigenvalue weighted by atomic mass is 10.0. The van der Waals surface area contributed by atoms with Gasteiger partial charge in [0.25, 0.3) is 5.56 Å². The monoisotopic (exact) mass is 336 g/mol. The second-order valence-corrected chi connectivity index (χ2v) is 6.35. The maximum atomic E-state index is 12.4. The summed E-state index contributed by atoms with van der Waals surface area (Å²) in [6.07, 6.45) is 0. The van der Waals surface area contributed by atoms with Crippen LogP contribution in [0.1, 0.15) is 30.9 Å². The van der Waals surface area contributed by atoms with Gasteiger partial charge in [0.2, 0.25) is 5.91 Å². The van der Waals surface area contributed by atoms with E-state index in [-0.39, 0.29) is 18.0 Å². The Hall–Kier alpha value is -3.02. The first-order valence-electron chi connectivity index (χ1n) is 8.18. The molecule has 0 saturated heterocycles. The lowest BCUT2D eigenvalue weighted by Crippen LogP contribution is -2.30. The molecule has 6 heteroatoms. The van der Waals surface area contributed by atoms with E-state index in [2.05, 4.69) is 35.5 Å². The molecular weight excluding hydrogens is 316 g/mol. The number of rotatable bonds is 4. The maximum Gasteiger partial charge on any atom is 0.278 e. The van der Waals surface area contributed by atoms with Gasteiger partial charge in [-0.3, -0.25) is 9.59 Å². The average molecular weight is 336 g/mol. The topological polar surface area (TPSA) is 76.9 Å². The van der Waals surface area contributed by atoms with Crippen molar-refractivity contribution in [3.8, 4) is 0 Å². The molecule has 25 heavy (non-hydrogen) atoms. The summed E-state index contributed by atoms with van der Waals surface area (Å²) < 4.78 is 1.08. The number of amides is 1. The smallest absolute Gasteiger partial charge is 0.278 e. The molecule has 1 heterocycles. The van der Waals surface area contributed by atoms with Crippen molar-refractivity contribution in [2.24, 2.45) is 0 Å². The number of hydrogen-bond donors (Lipinski definition) is 1. The summed E-state index contributed by atoms with van der Waals surface area (Å²) in [5.74, 6) is 0.113. The third-order valence-electron chi connectivity index (χ3n) is 4.11. The van der Waals surface area contributed by atoms with Crippen LogP contribution in [0.2, 0.25) is 0 Å². The molecule has 3 rings (SSSR count). The first kappa shape index (κ1) is 16.8. The molecule has 1 amide bonds. The van der Waals surface area contributed by atoms with Crippen molar-refractivity contribution in [1.29, 1.82) is 0 Å². The lowest BCUT2D eigenvalue weighted by Gasteiger charge is -2.12. The highest BCUT2D eigenvalue weighted by molar-refractivity contribution is 5.91. The van der Waals surface area contributed by atoms with Crippen LogP contribution in [0.15, 0.2) is 47.3 Å². The van der Waals surface area contributed by atoms with Crippen LogP contribution in [-0.2, 0) is 11.3 Å². The zero-order chi connectivity index (χ0) is 18.0. The summed E-state index contributed by atoms with van der Waals surface area (Å²) in [6.45, 7) is 6.02. The third-order valence-corrected chi connectivity index (χ3v) is 4.11. The first-order chi connectivity index (χ1) is 12.0. The Kier molecular flexibility index (Phi) is 4.61. The number of aromatic nitrogens is 3. The molecule has 0 aliphatic carbocycles. The summed E-state index contributed by atoms with van der Waals surface area (Å²) in [6, 6.07) is 12.9. The number of fused-ring (bicyclic) bond motifs is 1. The van der Waals surface area contributed by atoms with Gasteiger partial charge in [-0.2, -0.15) is 0 Å². The quantitative estimate of drug-likeness (QED) is 0.795. The highest BCUT2D eigenvalue weighted by Crippen LogP contribution is 2.21. The minimum atomic E-state index is -0.326. The molecule has 0 radical (unpaired) electrons. The molecule has 0 bridgehead atoms. The predicted molar refractivity (Wildman–Crippen MR) is 97.7 cm³/mol. The van der Waals surface area contributed by atoms with Gasteiger partial charge in [-0.05, 0) is 42.2 Å². The minimum absolute atomic E-state index is 0.179. The SMILES string of the molecule is Cc1cc(C(C)C)ccc1NC(=O)Cn1nnc2ccccc2c1=O. The fraction of sp³-hybridized carbons (Fsp3) is 0.263. The van der Waals surface area contributed by atoms with E-state index in [1.165, 1.54) is 5.56 Å². The Bertz CT molecular complexity index is 992. The van der Waals surface area contributed by atoms with Crippen LogP contribution in [0.3, 0.4) is 0 Å². The van der Waals surface area contributed by atoms with Gasteiger partial charge in [0.15, 0.2) is 0 Å². The summed E-state index contributed by atoms with van der Waals surface area (Å²) in [5.41, 5.74) is 3.12. The van der Waals surface area contributed by atoms with Gasteiger partial charge in [-0.25, -0.2) is 4.68 Å². The Morgan fingerprint density at radius 3 is 2.68 bits per heavy atom. The molecule has 0 fully saturated rings. The van der Waals surface area contributed by atoms with Gasteiger partial charge in [-0.1, -0.05) is 43.3 Å². The molecule has 128 valence electrons. The van der Waals surface area contributed by atoms with Crippen molar-refractivity contribution in [3.63, 3.8) is 0 Å². The van der Waals surface area contributed by atoms with Gasteiger partial charge >= 0.3 is 0 Å². The van der Waals surface area contributed by atoms with E-state index >= 15 is 0 Å². The molecule has 6 nitrogen and oxygen atoms in total. The highest BCUT2D eigenvalue weighted by Gasteiger charge is 2.11. The Morgan fingerprint density at radius 2 is 1.96 bits per heavy atom. The molecule has 2 aromatic carbocycles. The molecule has 1 aromatic heterocycles. The number of carbonyl (C=O) groups is 1. The Morgan fingerprint density at radius 1 is 1.20 bits per heavy atom. The van der Waals surface area contributed by atoms with Gasteiger partial charge in [-0.15, -0.1) is 5.10 Å². The molecule has 0 aliphatic rings. The third kappa shape index (κ3) is 3.57. The molecule has 0 atom stereocenters. The van der Waals surface area contributed by atoms with Gasteiger partial charge in [0.1, 0.15) is 12.1 Å². The summed E-state index contributed by atoms with van der Waals surface area (Å²) in [7, 11) is 0. The first-order valence-corrected chi connectivity index (χ1v) is 8.18. The summed E-state index contributed by atoms with van der Waals surface area (Å²) in [5, 5.41) is 11.1. The zero-order valence-electron chi connectivity index (χ0n) is 14.5. The van der Waals surface area contributed by atoms with E-state index in [1.807, 2.05) is 19.1 Å². The fourth-order valence-corrected chi connectivity index (χ4v) is 2.64. The normalized spacial score (nSPS) is 11.0. The van der Waals surface area contributed by atoms with Crippen LogP contribution in [0.5, 0.6) is 0 Å². The van der Waals surface area contributed by atoms with Crippen LogP contribution in [0.25, 0.3) is 10.9 Å². The molecule has 3 aromatic rings. The van der Waals surface area contributed by atoms with Crippen molar-refractivity contribution in [2.45, 2.75) is 33.2 Å². The van der Waals surface area contributed by atoms with E-state index < -0.39 is 0 Å². The number of nitrogens with zero attached hydrogens (tertiary/aromatic N) is 3. The summed E-state index contributed by atoms with van der Waals surface area (Å²) in [4.78, 5) is 24.7. The molecular formula is C19H20N4O2. The van der Waals surface area contributed by atoms with Crippen molar-refractivity contribution >= 4 is 22.5 Å². The number of benzene rings is 2. The second-order valence-electron chi connectivity index (χ2n) is 6.35. The lowest BCUT2D eigenvalue weighted by molar-refractivity contribution is -0.117. The van der Waals surface area contributed by atoms with E-state index in [0.29, 0.717) is 16.8 Å². The number of carbonyl (C=O) groups excluding carboxylic acids is 1. The van der Waals surface area contributed by atoms with Crippen LogP contribution < -0.4 is 10.9 Å². The van der Waals surface area contributed by atoms with E-state index in [0.717, 1.165) is 15.9 Å². The average Bonchev–Trinajstić information content (AvgIpc) is 2.59. The van der Waals surface area contributed by atoms with Gasteiger partial charge in [0, 0.05) is 5.69 Å². The van der Waals surface area contributed by atoms with Crippen molar-refractivity contribution in [1.82, 2.24) is 15.0 Å². The highest BCUT2D eigenvalue weighted by atomic mass is 16.2. The van der Waals surface area contributed by atoms with Crippen LogP contribution in [-0.4, -0.2) is 20.9 Å². The van der Waals surface area contributed by atoms with Crippen LogP contribution in [0.4, 0.5) is 5.69 Å². The molecule has 0 saturated carbocycles. The van der Waals surface area contributed by atoms with Crippen LogP contribution >= 0.6 is 0 Å². The van der Waals surface area contributed by atoms with Crippen molar-refractivity contribution in [2.75, 3.05) is 5.32 Å². The molecule has 0 aliphatic heterocycles. The minimum Gasteiger partial charge on any atom is -0.324 e. The van der Waals surface area contributed by atoms with Gasteiger partial charge < -0.3 is 5.32 Å². The molecule has 0 unspecified atom stereocenters. The van der Waals surface area contributed by atoms with E-state index in [4.69, 9.17) is 0 Å². The summed E-state index contributed by atoms with van der Waals surface area (Å²) >= 11 is 0.